The molecule has 0 aliphatic heterocycles. The number of non-ortho nitro benzene ring substituents is 1. The Hall–Kier alpha value is -2.14. The highest BCUT2D eigenvalue weighted by Gasteiger charge is 2.09. The molecule has 6 heteroatoms. The number of nitrogens with zero attached hydrogens (tertiary/aromatic N) is 2. The summed E-state index contributed by atoms with van der Waals surface area (Å²) in [7, 11) is 0. The van der Waals surface area contributed by atoms with Gasteiger partial charge < -0.3 is 5.32 Å². The summed E-state index contributed by atoms with van der Waals surface area (Å²) < 4.78 is 0. The fraction of sp³-hybridized carbons (Fsp3) is 0.154. The van der Waals surface area contributed by atoms with E-state index >= 15 is 0 Å². The summed E-state index contributed by atoms with van der Waals surface area (Å²) in [5.41, 5.74) is 2.82. The van der Waals surface area contributed by atoms with Crippen molar-refractivity contribution >= 4 is 23.0 Å². The Labute approximate surface area is 115 Å². The Balaban J connectivity index is 2.12. The third-order valence-electron chi connectivity index (χ3n) is 2.78. The molecule has 1 heterocycles. The van der Waals surface area contributed by atoms with Gasteiger partial charge in [-0.25, -0.2) is 0 Å². The fourth-order valence-electron chi connectivity index (χ4n) is 1.63. The fourth-order valence-corrected chi connectivity index (χ4v) is 1.87. The molecule has 0 spiro atoms. The highest BCUT2D eigenvalue weighted by atomic mass is 35.5. The van der Waals surface area contributed by atoms with E-state index < -0.39 is 4.92 Å². The van der Waals surface area contributed by atoms with E-state index in [0.29, 0.717) is 17.3 Å². The zero-order chi connectivity index (χ0) is 13.8. The standard InChI is InChI=1S/C13H12ClN3O2/c1-9-4-5-15-7-10(9)8-16-13-3-2-11(17(18)19)6-12(13)14/h2-7,16H,8H2,1H3. The lowest BCUT2D eigenvalue weighted by Gasteiger charge is -2.09. The van der Waals surface area contributed by atoms with Crippen LogP contribution in [0.3, 0.4) is 0 Å². The maximum atomic E-state index is 10.6. The number of hydrogen-bond donors (Lipinski definition) is 1. The Bertz CT molecular complexity index is 617. The van der Waals surface area contributed by atoms with Gasteiger partial charge in [-0.1, -0.05) is 11.6 Å². The van der Waals surface area contributed by atoms with Crippen LogP contribution in [0.1, 0.15) is 11.1 Å². The highest BCUT2D eigenvalue weighted by molar-refractivity contribution is 6.33. The number of nitrogens with one attached hydrogen (secondary N) is 1. The van der Waals surface area contributed by atoms with E-state index in [4.69, 9.17) is 11.6 Å². The van der Waals surface area contributed by atoms with Crippen molar-refractivity contribution in [2.24, 2.45) is 0 Å². The molecule has 0 saturated carbocycles. The first-order valence-electron chi connectivity index (χ1n) is 5.65. The second-order valence-corrected chi connectivity index (χ2v) is 4.48. The molecule has 1 aromatic heterocycles. The molecule has 1 N–H and O–H groups in total. The van der Waals surface area contributed by atoms with Crippen molar-refractivity contribution in [1.82, 2.24) is 4.98 Å². The molecule has 2 aromatic rings. The molecule has 0 aliphatic rings. The first-order valence-corrected chi connectivity index (χ1v) is 6.03. The number of aromatic nitrogens is 1. The number of hydrogen-bond acceptors (Lipinski definition) is 4. The molecule has 0 amide bonds. The number of benzene rings is 1. The SMILES string of the molecule is Cc1ccncc1CNc1ccc([N+](=O)[O-])cc1Cl. The van der Waals surface area contributed by atoms with Gasteiger partial charge in [0.25, 0.3) is 5.69 Å². The Morgan fingerprint density at radius 1 is 1.42 bits per heavy atom. The molecule has 2 rings (SSSR count). The minimum atomic E-state index is -0.471. The summed E-state index contributed by atoms with van der Waals surface area (Å²) in [5, 5.41) is 14.1. The van der Waals surface area contributed by atoms with Gasteiger partial charge in [-0.2, -0.15) is 0 Å². The van der Waals surface area contributed by atoms with E-state index in [1.54, 1.807) is 18.5 Å². The molecule has 0 saturated heterocycles. The average Bonchev–Trinajstić information content (AvgIpc) is 2.39. The van der Waals surface area contributed by atoms with Gasteiger partial charge in [-0.05, 0) is 30.2 Å². The van der Waals surface area contributed by atoms with Crippen LogP contribution < -0.4 is 5.32 Å². The van der Waals surface area contributed by atoms with Gasteiger partial charge in [0, 0.05) is 31.1 Å². The monoisotopic (exact) mass is 277 g/mol. The molecule has 1 aromatic carbocycles. The number of nitro groups is 1. The molecule has 19 heavy (non-hydrogen) atoms. The summed E-state index contributed by atoms with van der Waals surface area (Å²) in [6.45, 7) is 2.56. The summed E-state index contributed by atoms with van der Waals surface area (Å²) >= 11 is 6.00. The highest BCUT2D eigenvalue weighted by Crippen LogP contribution is 2.27. The van der Waals surface area contributed by atoms with Gasteiger partial charge in [-0.15, -0.1) is 0 Å². The predicted molar refractivity (Wildman–Crippen MR) is 74.4 cm³/mol. The molecular weight excluding hydrogens is 266 g/mol. The molecule has 0 atom stereocenters. The van der Waals surface area contributed by atoms with E-state index in [1.807, 2.05) is 13.0 Å². The quantitative estimate of drug-likeness (QED) is 0.685. The van der Waals surface area contributed by atoms with Gasteiger partial charge >= 0.3 is 0 Å². The molecule has 0 unspecified atom stereocenters. The van der Waals surface area contributed by atoms with Crippen LogP contribution in [0.2, 0.25) is 5.02 Å². The van der Waals surface area contributed by atoms with Crippen molar-refractivity contribution in [3.05, 3.63) is 62.9 Å². The number of rotatable bonds is 4. The van der Waals surface area contributed by atoms with Crippen LogP contribution in [0.4, 0.5) is 11.4 Å². The van der Waals surface area contributed by atoms with Crippen molar-refractivity contribution in [2.45, 2.75) is 13.5 Å². The predicted octanol–water partition coefficient (Wildman–Crippen LogP) is 3.56. The smallest absolute Gasteiger partial charge is 0.271 e. The number of pyridine rings is 1. The van der Waals surface area contributed by atoms with Crippen LogP contribution in [-0.2, 0) is 6.54 Å². The normalized spacial score (nSPS) is 10.2. The molecule has 0 radical (unpaired) electrons. The minimum absolute atomic E-state index is 0.0203. The zero-order valence-electron chi connectivity index (χ0n) is 10.3. The van der Waals surface area contributed by atoms with Crippen LogP contribution in [0, 0.1) is 17.0 Å². The number of nitro benzene ring substituents is 1. The van der Waals surface area contributed by atoms with Crippen LogP contribution in [0.5, 0.6) is 0 Å². The van der Waals surface area contributed by atoms with Crippen LogP contribution in [0.25, 0.3) is 0 Å². The summed E-state index contributed by atoms with van der Waals surface area (Å²) in [6, 6.07) is 6.28. The molecule has 5 nitrogen and oxygen atoms in total. The molecule has 0 bridgehead atoms. The lowest BCUT2D eigenvalue weighted by atomic mass is 10.1. The first kappa shape index (κ1) is 13.3. The van der Waals surface area contributed by atoms with E-state index in [1.165, 1.54) is 12.1 Å². The lowest BCUT2D eigenvalue weighted by Crippen LogP contribution is -2.02. The number of anilines is 1. The second kappa shape index (κ2) is 5.67. The summed E-state index contributed by atoms with van der Waals surface area (Å²) in [6.07, 6.45) is 3.51. The minimum Gasteiger partial charge on any atom is -0.380 e. The molecule has 0 aliphatic carbocycles. The van der Waals surface area contributed by atoms with E-state index in [-0.39, 0.29) is 5.69 Å². The molecule has 0 fully saturated rings. The van der Waals surface area contributed by atoms with Gasteiger partial charge in [0.1, 0.15) is 0 Å². The number of aryl methyl sites for hydroxylation is 1. The largest absolute Gasteiger partial charge is 0.380 e. The summed E-state index contributed by atoms with van der Waals surface area (Å²) in [4.78, 5) is 14.2. The van der Waals surface area contributed by atoms with Gasteiger partial charge in [0.05, 0.1) is 15.6 Å². The van der Waals surface area contributed by atoms with E-state index in [9.17, 15) is 10.1 Å². The average molecular weight is 278 g/mol. The Morgan fingerprint density at radius 2 is 2.21 bits per heavy atom. The number of halogens is 1. The van der Waals surface area contributed by atoms with Gasteiger partial charge in [0.15, 0.2) is 0 Å². The van der Waals surface area contributed by atoms with Crippen molar-refractivity contribution in [1.29, 1.82) is 0 Å². The summed E-state index contributed by atoms with van der Waals surface area (Å²) in [5.74, 6) is 0. The molecular formula is C13H12ClN3O2. The van der Waals surface area contributed by atoms with Crippen molar-refractivity contribution < 1.29 is 4.92 Å². The Morgan fingerprint density at radius 3 is 2.84 bits per heavy atom. The Kier molecular flexibility index (Phi) is 3.97. The van der Waals surface area contributed by atoms with Crippen LogP contribution >= 0.6 is 11.6 Å². The third-order valence-corrected chi connectivity index (χ3v) is 3.09. The maximum Gasteiger partial charge on any atom is 0.271 e. The molecule has 98 valence electrons. The van der Waals surface area contributed by atoms with Crippen LogP contribution in [0.15, 0.2) is 36.7 Å². The topological polar surface area (TPSA) is 68.1 Å². The van der Waals surface area contributed by atoms with Gasteiger partial charge in [0.2, 0.25) is 0 Å². The second-order valence-electron chi connectivity index (χ2n) is 4.08. The van der Waals surface area contributed by atoms with Crippen molar-refractivity contribution in [3.63, 3.8) is 0 Å². The third kappa shape index (κ3) is 3.20. The maximum absolute atomic E-state index is 10.6. The van der Waals surface area contributed by atoms with Gasteiger partial charge in [-0.3, -0.25) is 15.1 Å². The van der Waals surface area contributed by atoms with Crippen molar-refractivity contribution in [2.75, 3.05) is 5.32 Å². The van der Waals surface area contributed by atoms with Crippen molar-refractivity contribution in [3.8, 4) is 0 Å². The van der Waals surface area contributed by atoms with Crippen LogP contribution in [-0.4, -0.2) is 9.91 Å². The van der Waals surface area contributed by atoms with E-state index in [0.717, 1.165) is 11.1 Å². The first-order chi connectivity index (χ1) is 9.08. The zero-order valence-corrected chi connectivity index (χ0v) is 11.0. The lowest BCUT2D eigenvalue weighted by molar-refractivity contribution is -0.384. The van der Waals surface area contributed by atoms with E-state index in [2.05, 4.69) is 10.3 Å².